The van der Waals surface area contributed by atoms with Gasteiger partial charge in [0.2, 0.25) is 12.0 Å². The Morgan fingerprint density at radius 2 is 1.52 bits per heavy atom. The minimum absolute atomic E-state index is 0.0360. The van der Waals surface area contributed by atoms with Gasteiger partial charge in [0, 0.05) is 13.1 Å². The Bertz CT molecular complexity index is 1120. The molecule has 0 N–H and O–H groups in total. The number of para-hydroxylation sites is 2. The fourth-order valence-electron chi connectivity index (χ4n) is 3.17. The highest BCUT2D eigenvalue weighted by atomic mass is 32.2. The molecule has 1 saturated heterocycles. The van der Waals surface area contributed by atoms with E-state index >= 15 is 0 Å². The predicted molar refractivity (Wildman–Crippen MR) is 103 cm³/mol. The van der Waals surface area contributed by atoms with Crippen molar-refractivity contribution < 1.29 is 8.42 Å². The summed E-state index contributed by atoms with van der Waals surface area (Å²) in [5, 5.41) is 9.73. The molecule has 2 heterocycles. The van der Waals surface area contributed by atoms with Gasteiger partial charge in [-0.05, 0) is 37.1 Å². The van der Waals surface area contributed by atoms with Crippen molar-refractivity contribution in [2.45, 2.75) is 17.7 Å². The van der Waals surface area contributed by atoms with Gasteiger partial charge < -0.3 is 4.90 Å². The molecule has 0 spiro atoms. The molecule has 0 amide bonds. The van der Waals surface area contributed by atoms with E-state index in [9.17, 15) is 13.7 Å². The largest absolute Gasteiger partial charge is 0.353 e. The van der Waals surface area contributed by atoms with Crippen LogP contribution in [0.25, 0.3) is 11.0 Å². The minimum atomic E-state index is -4.08. The first-order chi connectivity index (χ1) is 13.1. The van der Waals surface area contributed by atoms with Crippen molar-refractivity contribution in [3.63, 3.8) is 0 Å². The van der Waals surface area contributed by atoms with Gasteiger partial charge in [0.1, 0.15) is 0 Å². The summed E-state index contributed by atoms with van der Waals surface area (Å²) in [6, 6.07) is 15.1. The highest BCUT2D eigenvalue weighted by molar-refractivity contribution is 7.93. The summed E-state index contributed by atoms with van der Waals surface area (Å²) in [5.41, 5.74) is 1.21. The van der Waals surface area contributed by atoms with E-state index in [0.29, 0.717) is 21.2 Å². The maximum atomic E-state index is 13.1. The van der Waals surface area contributed by atoms with E-state index in [1.54, 1.807) is 36.5 Å². The molecule has 27 heavy (non-hydrogen) atoms. The number of aromatic nitrogens is 2. The highest BCUT2D eigenvalue weighted by Gasteiger charge is 2.31. The topological polar surface area (TPSA) is 90.2 Å². The van der Waals surface area contributed by atoms with Gasteiger partial charge in [0.05, 0.1) is 15.9 Å². The summed E-state index contributed by atoms with van der Waals surface area (Å²) in [7, 11) is -4.08. The number of sulfonamides is 1. The smallest absolute Gasteiger partial charge is 0.278 e. The first-order valence-electron chi connectivity index (χ1n) is 8.63. The Morgan fingerprint density at radius 3 is 2.15 bits per heavy atom. The van der Waals surface area contributed by atoms with Crippen LogP contribution in [-0.4, -0.2) is 31.5 Å². The zero-order chi connectivity index (χ0) is 18.9. The third-order valence-electron chi connectivity index (χ3n) is 4.50. The van der Waals surface area contributed by atoms with Crippen LogP contribution in [0, 0.1) is 11.5 Å². The Balaban J connectivity index is 1.92. The molecule has 0 unspecified atom stereocenters. The van der Waals surface area contributed by atoms with Gasteiger partial charge in [-0.25, -0.2) is 9.97 Å². The summed E-state index contributed by atoms with van der Waals surface area (Å²) in [6.07, 6.45) is 3.79. The average molecular weight is 379 g/mol. The number of fused-ring (bicyclic) bond motifs is 1. The number of rotatable bonds is 4. The van der Waals surface area contributed by atoms with Gasteiger partial charge in [0.15, 0.2) is 5.82 Å². The molecular weight excluding hydrogens is 362 g/mol. The summed E-state index contributed by atoms with van der Waals surface area (Å²) in [4.78, 5) is 11.2. The van der Waals surface area contributed by atoms with Gasteiger partial charge in [-0.15, -0.1) is 4.31 Å². The Hall–Kier alpha value is -3.18. The van der Waals surface area contributed by atoms with E-state index in [1.165, 1.54) is 12.1 Å². The van der Waals surface area contributed by atoms with Crippen LogP contribution in [0.15, 0.2) is 59.5 Å². The number of hydrogen-bond acceptors (Lipinski definition) is 6. The SMILES string of the molecule is N#CN(c1nc2ccccc2nc1N1CCCC1)S(=O)(=O)c1ccccc1. The molecule has 0 radical (unpaired) electrons. The van der Waals surface area contributed by atoms with E-state index in [0.717, 1.165) is 25.9 Å². The number of nitrogens with zero attached hydrogens (tertiary/aromatic N) is 5. The summed E-state index contributed by atoms with van der Waals surface area (Å²) in [5.74, 6) is 0.467. The Morgan fingerprint density at radius 1 is 0.926 bits per heavy atom. The molecule has 1 aromatic heterocycles. The maximum absolute atomic E-state index is 13.1. The van der Waals surface area contributed by atoms with E-state index in [-0.39, 0.29) is 10.7 Å². The lowest BCUT2D eigenvalue weighted by molar-refractivity contribution is 0.596. The van der Waals surface area contributed by atoms with E-state index in [4.69, 9.17) is 0 Å². The zero-order valence-electron chi connectivity index (χ0n) is 14.5. The summed E-state index contributed by atoms with van der Waals surface area (Å²) < 4.78 is 26.8. The second kappa shape index (κ2) is 6.85. The summed E-state index contributed by atoms with van der Waals surface area (Å²) >= 11 is 0. The van der Waals surface area contributed by atoms with Gasteiger partial charge in [0.25, 0.3) is 10.0 Å². The fourth-order valence-corrected chi connectivity index (χ4v) is 4.34. The highest BCUT2D eigenvalue weighted by Crippen LogP contribution is 2.33. The van der Waals surface area contributed by atoms with E-state index in [2.05, 4.69) is 9.97 Å². The molecule has 136 valence electrons. The van der Waals surface area contributed by atoms with Crippen molar-refractivity contribution in [3.8, 4) is 6.19 Å². The molecule has 2 aromatic carbocycles. The van der Waals surface area contributed by atoms with Gasteiger partial charge in [-0.2, -0.15) is 13.7 Å². The van der Waals surface area contributed by atoms with Crippen molar-refractivity contribution in [1.29, 1.82) is 5.26 Å². The van der Waals surface area contributed by atoms with Crippen molar-refractivity contribution >= 4 is 32.7 Å². The lowest BCUT2D eigenvalue weighted by atomic mass is 10.3. The minimum Gasteiger partial charge on any atom is -0.353 e. The van der Waals surface area contributed by atoms with Crippen LogP contribution in [-0.2, 0) is 10.0 Å². The van der Waals surface area contributed by atoms with Crippen LogP contribution in [0.2, 0.25) is 0 Å². The van der Waals surface area contributed by atoms with Crippen molar-refractivity contribution in [2.24, 2.45) is 0 Å². The van der Waals surface area contributed by atoms with Crippen LogP contribution in [0.1, 0.15) is 12.8 Å². The van der Waals surface area contributed by atoms with Crippen molar-refractivity contribution in [2.75, 3.05) is 22.3 Å². The third kappa shape index (κ3) is 3.06. The molecule has 1 aliphatic rings. The van der Waals surface area contributed by atoms with Gasteiger partial charge in [-0.3, -0.25) is 0 Å². The fraction of sp³-hybridized carbons (Fsp3) is 0.211. The molecule has 0 aliphatic carbocycles. The first kappa shape index (κ1) is 17.2. The predicted octanol–water partition coefficient (Wildman–Crippen LogP) is 2.91. The first-order valence-corrected chi connectivity index (χ1v) is 10.1. The number of benzene rings is 2. The lowest BCUT2D eigenvalue weighted by Crippen LogP contribution is -2.30. The van der Waals surface area contributed by atoms with Crippen LogP contribution in [0.5, 0.6) is 0 Å². The third-order valence-corrected chi connectivity index (χ3v) is 6.11. The van der Waals surface area contributed by atoms with Crippen LogP contribution in [0.4, 0.5) is 11.6 Å². The Labute approximate surface area is 157 Å². The molecule has 8 heteroatoms. The van der Waals surface area contributed by atoms with Crippen LogP contribution in [0.3, 0.4) is 0 Å². The monoisotopic (exact) mass is 379 g/mol. The lowest BCUT2D eigenvalue weighted by Gasteiger charge is -2.23. The van der Waals surface area contributed by atoms with E-state index in [1.807, 2.05) is 17.0 Å². The van der Waals surface area contributed by atoms with Crippen LogP contribution < -0.4 is 9.21 Å². The van der Waals surface area contributed by atoms with Gasteiger partial charge >= 0.3 is 0 Å². The van der Waals surface area contributed by atoms with Gasteiger partial charge in [-0.1, -0.05) is 30.3 Å². The number of anilines is 2. The number of hydrogen-bond donors (Lipinski definition) is 0. The standard InChI is InChI=1S/C19H17N5O2S/c20-14-24(27(25,26)15-8-2-1-3-9-15)19-18(23-12-6-7-13-23)21-16-10-4-5-11-17(16)22-19/h1-5,8-11H,6-7,12-13H2. The number of nitriles is 1. The summed E-state index contributed by atoms with van der Waals surface area (Å²) in [6.45, 7) is 1.51. The molecule has 4 rings (SSSR count). The van der Waals surface area contributed by atoms with Crippen LogP contribution >= 0.6 is 0 Å². The quantitative estimate of drug-likeness (QED) is 0.511. The second-order valence-electron chi connectivity index (χ2n) is 6.24. The molecule has 3 aromatic rings. The average Bonchev–Trinajstić information content (AvgIpc) is 3.23. The molecular formula is C19H17N5O2S. The second-order valence-corrected chi connectivity index (χ2v) is 8.02. The molecule has 0 atom stereocenters. The van der Waals surface area contributed by atoms with Crippen molar-refractivity contribution in [1.82, 2.24) is 9.97 Å². The Kier molecular flexibility index (Phi) is 4.38. The normalized spacial score (nSPS) is 14.3. The molecule has 1 aliphatic heterocycles. The van der Waals surface area contributed by atoms with Crippen molar-refractivity contribution in [3.05, 3.63) is 54.6 Å². The maximum Gasteiger partial charge on any atom is 0.278 e. The molecule has 0 saturated carbocycles. The van der Waals surface area contributed by atoms with E-state index < -0.39 is 10.0 Å². The molecule has 0 bridgehead atoms. The molecule has 7 nitrogen and oxygen atoms in total. The zero-order valence-corrected chi connectivity index (χ0v) is 15.3. The molecule has 1 fully saturated rings.